The number of imide groups is 1. The van der Waals surface area contributed by atoms with E-state index in [2.05, 4.69) is 0 Å². The highest BCUT2D eigenvalue weighted by Gasteiger charge is 2.50. The molecule has 8 heteroatoms. The number of fused-ring (bicyclic) bond motifs is 1. The number of urea groups is 1. The first-order valence-electron chi connectivity index (χ1n) is 6.00. The normalized spacial score (nSPS) is 24.9. The molecular weight excluding hydrogens is 304 g/mol. The Balaban J connectivity index is 1.97. The summed E-state index contributed by atoms with van der Waals surface area (Å²) in [6.45, 7) is 0.0572. The lowest BCUT2D eigenvalue weighted by Gasteiger charge is -2.26. The number of sulfone groups is 1. The number of anilines is 1. The van der Waals surface area contributed by atoms with E-state index in [0.717, 1.165) is 4.90 Å². The molecule has 0 saturated carbocycles. The van der Waals surface area contributed by atoms with Gasteiger partial charge in [-0.2, -0.15) is 0 Å². The largest absolute Gasteiger partial charge is 0.332 e. The van der Waals surface area contributed by atoms with Gasteiger partial charge >= 0.3 is 6.03 Å². The van der Waals surface area contributed by atoms with E-state index in [9.17, 15) is 18.0 Å². The molecule has 0 spiro atoms. The molecule has 2 aliphatic rings. The maximum Gasteiger partial charge on any atom is 0.332 e. The van der Waals surface area contributed by atoms with E-state index < -0.39 is 27.8 Å². The van der Waals surface area contributed by atoms with Gasteiger partial charge in [-0.1, -0.05) is 11.6 Å². The van der Waals surface area contributed by atoms with Crippen LogP contribution in [0.15, 0.2) is 24.3 Å². The minimum atomic E-state index is -3.27. The quantitative estimate of drug-likeness (QED) is 0.722. The van der Waals surface area contributed by atoms with Crippen molar-refractivity contribution in [3.8, 4) is 0 Å². The number of hydrogen-bond acceptors (Lipinski definition) is 4. The topological polar surface area (TPSA) is 74.8 Å². The van der Waals surface area contributed by atoms with Crippen molar-refractivity contribution < 1.29 is 18.0 Å². The molecule has 0 aliphatic carbocycles. The number of carbonyl (C=O) groups is 2. The molecule has 20 heavy (non-hydrogen) atoms. The lowest BCUT2D eigenvalue weighted by molar-refractivity contribution is -0.119. The molecule has 0 bridgehead atoms. The van der Waals surface area contributed by atoms with Crippen LogP contribution in [0.1, 0.15) is 0 Å². The van der Waals surface area contributed by atoms with Gasteiger partial charge in [0.25, 0.3) is 5.91 Å². The molecule has 2 fully saturated rings. The van der Waals surface area contributed by atoms with E-state index in [4.69, 9.17) is 11.6 Å². The number of rotatable bonds is 1. The monoisotopic (exact) mass is 314 g/mol. The Labute approximate surface area is 120 Å². The van der Waals surface area contributed by atoms with Crippen LogP contribution in [0.5, 0.6) is 0 Å². The summed E-state index contributed by atoms with van der Waals surface area (Å²) in [6.07, 6.45) is 0. The second-order valence-corrected chi connectivity index (χ2v) is 7.42. The van der Waals surface area contributed by atoms with Gasteiger partial charge in [0.1, 0.15) is 6.04 Å². The van der Waals surface area contributed by atoms with Crippen molar-refractivity contribution in [2.45, 2.75) is 6.04 Å². The van der Waals surface area contributed by atoms with Crippen LogP contribution < -0.4 is 4.90 Å². The van der Waals surface area contributed by atoms with Gasteiger partial charge in [-0.05, 0) is 24.3 Å². The average molecular weight is 315 g/mol. The van der Waals surface area contributed by atoms with Gasteiger partial charge in [-0.15, -0.1) is 0 Å². The summed E-state index contributed by atoms with van der Waals surface area (Å²) < 4.78 is 23.2. The van der Waals surface area contributed by atoms with Gasteiger partial charge in [-0.25, -0.2) is 18.1 Å². The second kappa shape index (κ2) is 4.46. The van der Waals surface area contributed by atoms with Crippen molar-refractivity contribution in [3.05, 3.63) is 29.3 Å². The van der Waals surface area contributed by atoms with Crippen LogP contribution in [-0.2, 0) is 14.6 Å². The van der Waals surface area contributed by atoms with Gasteiger partial charge in [-0.3, -0.25) is 4.79 Å². The first-order valence-corrected chi connectivity index (χ1v) is 8.19. The summed E-state index contributed by atoms with van der Waals surface area (Å²) in [5, 5.41) is 0.494. The third kappa shape index (κ3) is 2.06. The molecule has 1 atom stereocenters. The fraction of sp³-hybridized carbons (Fsp3) is 0.333. The van der Waals surface area contributed by atoms with Crippen LogP contribution in [0.3, 0.4) is 0 Å². The Morgan fingerprint density at radius 2 is 1.80 bits per heavy atom. The lowest BCUT2D eigenvalue weighted by atomic mass is 10.2. The van der Waals surface area contributed by atoms with Crippen LogP contribution >= 0.6 is 11.6 Å². The Bertz CT molecular complexity index is 686. The molecule has 6 nitrogen and oxygen atoms in total. The first-order chi connectivity index (χ1) is 9.39. The fourth-order valence-corrected chi connectivity index (χ4v) is 4.01. The van der Waals surface area contributed by atoms with Crippen LogP contribution in [0.4, 0.5) is 10.5 Å². The Morgan fingerprint density at radius 3 is 2.45 bits per heavy atom. The predicted molar refractivity (Wildman–Crippen MR) is 73.5 cm³/mol. The molecule has 2 aliphatic heterocycles. The van der Waals surface area contributed by atoms with Gasteiger partial charge in [0, 0.05) is 11.6 Å². The number of benzene rings is 1. The molecule has 3 amide bonds. The van der Waals surface area contributed by atoms with Gasteiger partial charge in [0.15, 0.2) is 9.84 Å². The van der Waals surface area contributed by atoms with Crippen molar-refractivity contribution >= 4 is 39.1 Å². The first kappa shape index (κ1) is 13.4. The Morgan fingerprint density at radius 1 is 1.15 bits per heavy atom. The number of amides is 3. The second-order valence-electron chi connectivity index (χ2n) is 4.76. The summed E-state index contributed by atoms with van der Waals surface area (Å²) in [4.78, 5) is 26.9. The summed E-state index contributed by atoms with van der Waals surface area (Å²) in [7, 11) is -3.27. The molecule has 106 valence electrons. The molecule has 0 radical (unpaired) electrons. The Kier molecular flexibility index (Phi) is 2.98. The highest BCUT2D eigenvalue weighted by atomic mass is 35.5. The van der Waals surface area contributed by atoms with E-state index in [1.54, 1.807) is 24.3 Å². The molecule has 1 unspecified atom stereocenters. The zero-order valence-electron chi connectivity index (χ0n) is 10.3. The minimum absolute atomic E-state index is 0.0572. The van der Waals surface area contributed by atoms with Crippen LogP contribution in [-0.4, -0.2) is 49.3 Å². The average Bonchev–Trinajstić information content (AvgIpc) is 2.62. The van der Waals surface area contributed by atoms with Crippen molar-refractivity contribution in [1.82, 2.24) is 4.90 Å². The molecule has 0 aromatic heterocycles. The fourth-order valence-electron chi connectivity index (χ4n) is 2.44. The summed E-state index contributed by atoms with van der Waals surface area (Å²) in [6, 6.07) is 4.89. The third-order valence-corrected chi connectivity index (χ3v) is 5.34. The van der Waals surface area contributed by atoms with Crippen molar-refractivity contribution in [2.75, 3.05) is 23.0 Å². The van der Waals surface area contributed by atoms with Gasteiger partial charge in [0.2, 0.25) is 0 Å². The molecule has 3 rings (SSSR count). The molecular formula is C12H11ClN2O4S. The minimum Gasteiger partial charge on any atom is -0.310 e. The SMILES string of the molecule is O=C1C2CS(=O)(=O)CCN2C(=O)N1c1ccc(Cl)cc1. The standard InChI is InChI=1S/C12H11ClN2O4S/c13-8-1-3-9(4-2-8)15-11(16)10-7-20(18,19)6-5-14(10)12(15)17/h1-4,10H,5-7H2. The van der Waals surface area contributed by atoms with Crippen LogP contribution in [0.2, 0.25) is 5.02 Å². The maximum absolute atomic E-state index is 12.3. The molecule has 2 saturated heterocycles. The highest BCUT2D eigenvalue weighted by Crippen LogP contribution is 2.28. The highest BCUT2D eigenvalue weighted by molar-refractivity contribution is 7.91. The van der Waals surface area contributed by atoms with E-state index >= 15 is 0 Å². The van der Waals surface area contributed by atoms with E-state index in [1.807, 2.05) is 0 Å². The van der Waals surface area contributed by atoms with Crippen molar-refractivity contribution in [3.63, 3.8) is 0 Å². The number of nitrogens with zero attached hydrogens (tertiary/aromatic N) is 2. The zero-order valence-corrected chi connectivity index (χ0v) is 11.9. The molecule has 1 aromatic rings. The predicted octanol–water partition coefficient (Wildman–Crippen LogP) is 0.906. The van der Waals surface area contributed by atoms with Crippen molar-refractivity contribution in [2.24, 2.45) is 0 Å². The van der Waals surface area contributed by atoms with E-state index in [1.165, 1.54) is 4.90 Å². The number of carbonyl (C=O) groups excluding carboxylic acids is 2. The van der Waals surface area contributed by atoms with Crippen LogP contribution in [0.25, 0.3) is 0 Å². The number of hydrogen-bond donors (Lipinski definition) is 0. The zero-order chi connectivity index (χ0) is 14.5. The van der Waals surface area contributed by atoms with E-state index in [-0.39, 0.29) is 18.1 Å². The van der Waals surface area contributed by atoms with Crippen LogP contribution in [0, 0.1) is 0 Å². The summed E-state index contributed by atoms with van der Waals surface area (Å²) in [5.41, 5.74) is 0.399. The lowest BCUT2D eigenvalue weighted by Crippen LogP contribution is -2.48. The summed E-state index contributed by atoms with van der Waals surface area (Å²) >= 11 is 5.77. The molecule has 2 heterocycles. The number of halogens is 1. The molecule has 1 aromatic carbocycles. The summed E-state index contributed by atoms with van der Waals surface area (Å²) in [5.74, 6) is -0.904. The molecule has 0 N–H and O–H groups in total. The van der Waals surface area contributed by atoms with Gasteiger partial charge in [0.05, 0.1) is 17.2 Å². The van der Waals surface area contributed by atoms with Gasteiger partial charge < -0.3 is 4.90 Å². The third-order valence-electron chi connectivity index (χ3n) is 3.46. The van der Waals surface area contributed by atoms with E-state index in [0.29, 0.717) is 10.7 Å². The van der Waals surface area contributed by atoms with Crippen molar-refractivity contribution in [1.29, 1.82) is 0 Å². The smallest absolute Gasteiger partial charge is 0.310 e. The maximum atomic E-state index is 12.3. The Hall–Kier alpha value is -1.60.